The van der Waals surface area contributed by atoms with Gasteiger partial charge in [0.1, 0.15) is 5.69 Å². The van der Waals surface area contributed by atoms with Gasteiger partial charge >= 0.3 is 11.9 Å². The second-order valence-corrected chi connectivity index (χ2v) is 5.66. The van der Waals surface area contributed by atoms with Crippen molar-refractivity contribution >= 4 is 17.6 Å². The molecule has 0 aliphatic rings. The summed E-state index contributed by atoms with van der Waals surface area (Å²) in [6.07, 6.45) is 3.18. The first kappa shape index (κ1) is 16.9. The number of carbonyl (C=O) groups excluding carboxylic acids is 1. The maximum Gasteiger partial charge on any atom is 0.356 e. The molecular weight excluding hydrogens is 272 g/mol. The predicted octanol–water partition coefficient (Wildman–Crippen LogP) is 2.56. The number of carbonyl (C=O) groups is 2. The Balaban J connectivity index is 2.48. The van der Waals surface area contributed by atoms with E-state index in [1.165, 1.54) is 7.11 Å². The summed E-state index contributed by atoms with van der Waals surface area (Å²) in [5.41, 5.74) is 0.996. The zero-order valence-corrected chi connectivity index (χ0v) is 12.7. The highest BCUT2D eigenvalue weighted by Crippen LogP contribution is 2.26. The molecule has 0 bridgehead atoms. The van der Waals surface area contributed by atoms with Gasteiger partial charge in [-0.2, -0.15) is 0 Å². The van der Waals surface area contributed by atoms with Crippen LogP contribution in [-0.2, 0) is 9.53 Å². The molecule has 6 nitrogen and oxygen atoms in total. The van der Waals surface area contributed by atoms with Gasteiger partial charge in [0.05, 0.1) is 7.11 Å². The molecule has 0 aliphatic heterocycles. The van der Waals surface area contributed by atoms with Gasteiger partial charge in [-0.15, -0.1) is 0 Å². The molecule has 1 aromatic heterocycles. The molecule has 6 heteroatoms. The Kier molecular flexibility index (Phi) is 6.14. The Hall–Kier alpha value is -2.11. The van der Waals surface area contributed by atoms with Crippen LogP contribution in [0.1, 0.15) is 43.6 Å². The van der Waals surface area contributed by atoms with Crippen molar-refractivity contribution in [2.45, 2.75) is 33.1 Å². The fraction of sp³-hybridized carbons (Fsp3) is 0.533. The first-order chi connectivity index (χ1) is 9.84. The van der Waals surface area contributed by atoms with E-state index in [1.54, 1.807) is 18.3 Å². The van der Waals surface area contributed by atoms with Crippen LogP contribution in [0, 0.1) is 5.41 Å². The SMILES string of the molecule is COC(=O)c1cc(NCCC(C)(C)CCC(=O)O)ccn1. The number of aromatic nitrogens is 1. The molecule has 0 aromatic carbocycles. The molecule has 0 unspecified atom stereocenters. The van der Waals surface area contributed by atoms with Crippen molar-refractivity contribution in [1.29, 1.82) is 0 Å². The average Bonchev–Trinajstić information content (AvgIpc) is 2.44. The predicted molar refractivity (Wildman–Crippen MR) is 79.3 cm³/mol. The monoisotopic (exact) mass is 294 g/mol. The average molecular weight is 294 g/mol. The molecule has 21 heavy (non-hydrogen) atoms. The van der Waals surface area contributed by atoms with Crippen LogP contribution in [0.4, 0.5) is 5.69 Å². The van der Waals surface area contributed by atoms with Crippen molar-refractivity contribution in [2.24, 2.45) is 5.41 Å². The van der Waals surface area contributed by atoms with Crippen LogP contribution in [0.3, 0.4) is 0 Å². The molecule has 0 saturated heterocycles. The van der Waals surface area contributed by atoms with E-state index in [0.717, 1.165) is 12.1 Å². The van der Waals surface area contributed by atoms with E-state index in [4.69, 9.17) is 5.11 Å². The van der Waals surface area contributed by atoms with Crippen LogP contribution in [0.5, 0.6) is 0 Å². The van der Waals surface area contributed by atoms with E-state index >= 15 is 0 Å². The minimum absolute atomic E-state index is 0.0520. The molecule has 0 atom stereocenters. The molecule has 0 spiro atoms. The van der Waals surface area contributed by atoms with Crippen molar-refractivity contribution in [3.63, 3.8) is 0 Å². The Labute approximate surface area is 124 Å². The lowest BCUT2D eigenvalue weighted by Crippen LogP contribution is -2.18. The van der Waals surface area contributed by atoms with Gasteiger partial charge in [-0.25, -0.2) is 9.78 Å². The summed E-state index contributed by atoms with van der Waals surface area (Å²) in [6, 6.07) is 3.41. The largest absolute Gasteiger partial charge is 0.481 e. The van der Waals surface area contributed by atoms with Crippen LogP contribution >= 0.6 is 0 Å². The molecule has 0 aliphatic carbocycles. The highest BCUT2D eigenvalue weighted by molar-refractivity contribution is 5.88. The standard InChI is InChI=1S/C15H22N2O4/c1-15(2,6-4-13(18)19)7-9-16-11-5-8-17-12(10-11)14(20)21-3/h5,8,10H,4,6-7,9H2,1-3H3,(H,16,17)(H,18,19). The highest BCUT2D eigenvalue weighted by Gasteiger charge is 2.18. The van der Waals surface area contributed by atoms with E-state index in [0.29, 0.717) is 13.0 Å². The summed E-state index contributed by atoms with van der Waals surface area (Å²) >= 11 is 0. The van der Waals surface area contributed by atoms with Gasteiger partial charge < -0.3 is 15.2 Å². The van der Waals surface area contributed by atoms with Crippen molar-refractivity contribution in [1.82, 2.24) is 4.98 Å². The Morgan fingerprint density at radius 1 is 1.38 bits per heavy atom. The van der Waals surface area contributed by atoms with Gasteiger partial charge in [-0.05, 0) is 30.4 Å². The van der Waals surface area contributed by atoms with Crippen LogP contribution in [0.15, 0.2) is 18.3 Å². The van der Waals surface area contributed by atoms with Gasteiger partial charge in [0.15, 0.2) is 0 Å². The quantitative estimate of drug-likeness (QED) is 0.716. The van der Waals surface area contributed by atoms with Gasteiger partial charge in [-0.3, -0.25) is 4.79 Å². The summed E-state index contributed by atoms with van der Waals surface area (Å²) in [5, 5.41) is 11.9. The van der Waals surface area contributed by atoms with E-state index in [1.807, 2.05) is 13.8 Å². The maximum absolute atomic E-state index is 11.4. The molecule has 116 valence electrons. The molecule has 0 fully saturated rings. The number of esters is 1. The molecular formula is C15H22N2O4. The number of nitrogens with one attached hydrogen (secondary N) is 1. The number of ether oxygens (including phenoxy) is 1. The lowest BCUT2D eigenvalue weighted by Gasteiger charge is -2.24. The minimum Gasteiger partial charge on any atom is -0.481 e. The second-order valence-electron chi connectivity index (χ2n) is 5.66. The zero-order chi connectivity index (χ0) is 15.9. The molecule has 2 N–H and O–H groups in total. The number of nitrogens with zero attached hydrogens (tertiary/aromatic N) is 1. The molecule has 1 aromatic rings. The third-order valence-electron chi connectivity index (χ3n) is 3.30. The van der Waals surface area contributed by atoms with Gasteiger partial charge in [0, 0.05) is 24.8 Å². The summed E-state index contributed by atoms with van der Waals surface area (Å²) in [4.78, 5) is 25.9. The lowest BCUT2D eigenvalue weighted by atomic mass is 9.84. The normalized spacial score (nSPS) is 11.0. The maximum atomic E-state index is 11.4. The second kappa shape index (κ2) is 7.61. The number of rotatable bonds is 8. The van der Waals surface area contributed by atoms with E-state index < -0.39 is 11.9 Å². The third-order valence-corrected chi connectivity index (χ3v) is 3.30. The van der Waals surface area contributed by atoms with Crippen LogP contribution in [0.2, 0.25) is 0 Å². The molecule has 1 heterocycles. The summed E-state index contributed by atoms with van der Waals surface area (Å²) < 4.78 is 4.62. The Morgan fingerprint density at radius 3 is 2.71 bits per heavy atom. The fourth-order valence-electron chi connectivity index (χ4n) is 1.87. The minimum atomic E-state index is -0.770. The van der Waals surface area contributed by atoms with Gasteiger partial charge in [-0.1, -0.05) is 13.8 Å². The number of carboxylic acid groups (broad SMARTS) is 1. The van der Waals surface area contributed by atoms with E-state index in [2.05, 4.69) is 15.0 Å². The van der Waals surface area contributed by atoms with Crippen molar-refractivity contribution in [3.8, 4) is 0 Å². The molecule has 0 amide bonds. The lowest BCUT2D eigenvalue weighted by molar-refractivity contribution is -0.137. The summed E-state index contributed by atoms with van der Waals surface area (Å²) in [6.45, 7) is 4.78. The van der Waals surface area contributed by atoms with Crippen molar-refractivity contribution in [2.75, 3.05) is 19.0 Å². The van der Waals surface area contributed by atoms with Crippen LogP contribution in [-0.4, -0.2) is 35.7 Å². The first-order valence-corrected chi connectivity index (χ1v) is 6.84. The van der Waals surface area contributed by atoms with Crippen LogP contribution in [0.25, 0.3) is 0 Å². The van der Waals surface area contributed by atoms with Gasteiger partial charge in [0.2, 0.25) is 0 Å². The van der Waals surface area contributed by atoms with Crippen LogP contribution < -0.4 is 5.32 Å². The zero-order valence-electron chi connectivity index (χ0n) is 12.7. The number of anilines is 1. The summed E-state index contributed by atoms with van der Waals surface area (Å²) in [5.74, 6) is -1.24. The number of hydrogen-bond donors (Lipinski definition) is 2. The third kappa shape index (κ3) is 6.25. The number of methoxy groups -OCH3 is 1. The number of aliphatic carboxylic acids is 1. The Morgan fingerprint density at radius 2 is 2.10 bits per heavy atom. The number of hydrogen-bond acceptors (Lipinski definition) is 5. The summed E-state index contributed by atoms with van der Waals surface area (Å²) in [7, 11) is 1.31. The molecule has 0 radical (unpaired) electrons. The van der Waals surface area contributed by atoms with Crippen molar-refractivity contribution in [3.05, 3.63) is 24.0 Å². The van der Waals surface area contributed by atoms with E-state index in [-0.39, 0.29) is 17.5 Å². The molecule has 0 saturated carbocycles. The fourth-order valence-corrected chi connectivity index (χ4v) is 1.87. The van der Waals surface area contributed by atoms with Crippen molar-refractivity contribution < 1.29 is 19.4 Å². The Bertz CT molecular complexity index is 500. The number of carboxylic acids is 1. The van der Waals surface area contributed by atoms with E-state index in [9.17, 15) is 9.59 Å². The topological polar surface area (TPSA) is 88.5 Å². The molecule has 1 rings (SSSR count). The highest BCUT2D eigenvalue weighted by atomic mass is 16.5. The smallest absolute Gasteiger partial charge is 0.356 e. The van der Waals surface area contributed by atoms with Gasteiger partial charge in [0.25, 0.3) is 0 Å². The first-order valence-electron chi connectivity index (χ1n) is 6.84. The number of pyridine rings is 1.